The topological polar surface area (TPSA) is 93.0 Å². The van der Waals surface area contributed by atoms with Crippen molar-refractivity contribution in [3.8, 4) is 17.0 Å². The van der Waals surface area contributed by atoms with Gasteiger partial charge in [-0.3, -0.25) is 4.79 Å². The van der Waals surface area contributed by atoms with Crippen molar-refractivity contribution in [3.63, 3.8) is 0 Å². The molecule has 0 aliphatic rings. The van der Waals surface area contributed by atoms with Crippen LogP contribution in [0.2, 0.25) is 0 Å². The molecule has 0 bridgehead atoms. The number of aryl methyl sites for hydroxylation is 1. The smallest absolute Gasteiger partial charge is 0.258 e. The highest BCUT2D eigenvalue weighted by Gasteiger charge is 2.21. The number of nitrogens with zero attached hydrogens (tertiary/aromatic N) is 1. The minimum Gasteiger partial charge on any atom is -0.480 e. The molecule has 0 fully saturated rings. The number of hydrogen-bond acceptors (Lipinski definition) is 4. The van der Waals surface area contributed by atoms with Gasteiger partial charge in [0.1, 0.15) is 5.82 Å². The number of benzene rings is 1. The third-order valence-corrected chi connectivity index (χ3v) is 5.46. The molecule has 1 aromatic carbocycles. The lowest BCUT2D eigenvalue weighted by Crippen LogP contribution is -2.45. The van der Waals surface area contributed by atoms with Crippen molar-refractivity contribution >= 4 is 5.91 Å². The molecule has 0 saturated heterocycles. The fourth-order valence-electron chi connectivity index (χ4n) is 3.11. The zero-order valence-corrected chi connectivity index (χ0v) is 22.7. The molecule has 0 spiro atoms. The molecule has 0 aliphatic heterocycles. The van der Waals surface area contributed by atoms with E-state index < -0.39 is 29.7 Å². The Hall–Kier alpha value is -2.48. The van der Waals surface area contributed by atoms with Crippen LogP contribution in [0.15, 0.2) is 18.3 Å². The van der Waals surface area contributed by atoms with Crippen LogP contribution in [0.4, 0.5) is 8.78 Å². The molecule has 1 heterocycles. The first kappa shape index (κ1) is 32.5. The molecule has 0 atom stereocenters. The summed E-state index contributed by atoms with van der Waals surface area (Å²) < 4.78 is 33.0. The lowest BCUT2D eigenvalue weighted by molar-refractivity contribution is -0.124. The molecule has 2 aromatic rings. The summed E-state index contributed by atoms with van der Waals surface area (Å²) in [5.41, 5.74) is 4.89. The van der Waals surface area contributed by atoms with Crippen molar-refractivity contribution in [1.29, 1.82) is 0 Å². The number of amides is 1. The van der Waals surface area contributed by atoms with Crippen LogP contribution in [0, 0.1) is 18.6 Å². The molecule has 35 heavy (non-hydrogen) atoms. The van der Waals surface area contributed by atoms with Gasteiger partial charge in [-0.25, -0.2) is 9.37 Å². The molecular weight excluding hydrogens is 450 g/mol. The summed E-state index contributed by atoms with van der Waals surface area (Å²) in [6.45, 7) is 11.5. The molecule has 0 saturated carbocycles. The zero-order valence-electron chi connectivity index (χ0n) is 22.7. The maximum atomic E-state index is 14.1. The van der Waals surface area contributed by atoms with Crippen LogP contribution >= 0.6 is 0 Å². The van der Waals surface area contributed by atoms with Crippen LogP contribution in [-0.2, 0) is 4.79 Å². The van der Waals surface area contributed by atoms with E-state index in [4.69, 9.17) is 4.74 Å². The second-order valence-corrected chi connectivity index (χ2v) is 8.96. The number of aromatic nitrogens is 2. The van der Waals surface area contributed by atoms with Gasteiger partial charge in [0.25, 0.3) is 5.91 Å². The predicted octanol–water partition coefficient (Wildman–Crippen LogP) is 6.68. The zero-order chi connectivity index (χ0) is 26.9. The number of nitrogens with one attached hydrogen (secondary N) is 2. The highest BCUT2D eigenvalue weighted by Crippen LogP contribution is 2.33. The van der Waals surface area contributed by atoms with Crippen LogP contribution in [-0.4, -0.2) is 35.1 Å². The summed E-state index contributed by atoms with van der Waals surface area (Å²) in [6, 6.07) is 2.39. The fraction of sp³-hybridized carbons (Fsp3) is 0.630. The molecule has 8 heteroatoms. The van der Waals surface area contributed by atoms with E-state index in [0.29, 0.717) is 17.1 Å². The Balaban J connectivity index is 0.000000888. The summed E-state index contributed by atoms with van der Waals surface area (Å²) in [7, 11) is 1.50. The number of carbonyl (C=O) groups excluding carboxylic acids is 1. The number of unbranched alkanes of at least 4 members (excludes halogenated alkanes) is 6. The van der Waals surface area contributed by atoms with Gasteiger partial charge in [-0.05, 0) is 46.4 Å². The highest BCUT2D eigenvalue weighted by atomic mass is 19.2. The molecule has 0 unspecified atom stereocenters. The molecule has 1 aromatic heterocycles. The maximum absolute atomic E-state index is 14.1. The number of H-pyrrole nitrogens is 1. The minimum atomic E-state index is -1.14. The van der Waals surface area contributed by atoms with Crippen molar-refractivity contribution in [2.24, 2.45) is 5.73 Å². The number of ether oxygens (including phenoxy) is 1. The van der Waals surface area contributed by atoms with Crippen molar-refractivity contribution in [3.05, 3.63) is 35.8 Å². The Morgan fingerprint density at radius 2 is 1.63 bits per heavy atom. The van der Waals surface area contributed by atoms with Gasteiger partial charge in [0.2, 0.25) is 5.82 Å². The number of aromatic amines is 1. The molecule has 6 nitrogen and oxygen atoms in total. The van der Waals surface area contributed by atoms with Crippen molar-refractivity contribution in [1.82, 2.24) is 15.3 Å². The summed E-state index contributed by atoms with van der Waals surface area (Å²) in [5.74, 6) is -2.27. The van der Waals surface area contributed by atoms with Crippen LogP contribution in [0.25, 0.3) is 11.3 Å². The lowest BCUT2D eigenvalue weighted by Gasteiger charge is -2.24. The summed E-state index contributed by atoms with van der Waals surface area (Å²) in [6.07, 6.45) is 12.2. The van der Waals surface area contributed by atoms with Crippen molar-refractivity contribution in [2.45, 2.75) is 98.4 Å². The number of rotatable bonds is 12. The maximum Gasteiger partial charge on any atom is 0.258 e. The van der Waals surface area contributed by atoms with E-state index in [0.717, 1.165) is 12.5 Å². The van der Waals surface area contributed by atoms with Crippen molar-refractivity contribution < 1.29 is 18.3 Å². The van der Waals surface area contributed by atoms with E-state index in [-0.39, 0.29) is 5.75 Å². The number of halogens is 2. The Morgan fingerprint density at radius 3 is 2.11 bits per heavy atom. The van der Waals surface area contributed by atoms with E-state index >= 15 is 0 Å². The van der Waals surface area contributed by atoms with E-state index in [1.54, 1.807) is 6.92 Å². The van der Waals surface area contributed by atoms with Crippen LogP contribution in [0.3, 0.4) is 0 Å². The molecule has 0 aliphatic carbocycles. The van der Waals surface area contributed by atoms with Gasteiger partial charge in [-0.15, -0.1) is 0 Å². The van der Waals surface area contributed by atoms with Gasteiger partial charge < -0.3 is 20.8 Å². The Labute approximate surface area is 210 Å². The highest BCUT2D eigenvalue weighted by molar-refractivity contribution is 5.78. The summed E-state index contributed by atoms with van der Waals surface area (Å²) >= 11 is 0. The first-order valence-corrected chi connectivity index (χ1v) is 12.7. The summed E-state index contributed by atoms with van der Waals surface area (Å²) in [4.78, 5) is 18.9. The third-order valence-electron chi connectivity index (χ3n) is 5.46. The summed E-state index contributed by atoms with van der Waals surface area (Å²) in [5, 5.41) is 2.77. The monoisotopic (exact) mass is 496 g/mol. The normalized spacial score (nSPS) is 10.6. The average Bonchev–Trinajstić information content (AvgIpc) is 3.27. The van der Waals surface area contributed by atoms with Crippen molar-refractivity contribution in [2.75, 3.05) is 13.7 Å². The number of hydrogen-bond donors (Lipinski definition) is 3. The molecule has 4 N–H and O–H groups in total. The number of carbonyl (C=O) groups is 1. The SMILES string of the molecule is CCC(C)(C)NC(=O)COc1c(-c2cnc(C)[nH]2)ccc(F)c1F.CCCCCCCCC.CN. The molecular formula is C27H46F2N4O2. The standard InChI is InChI=1S/C17H21F2N3O2.C9H20.CH5N/c1-5-17(3,4)22-14(23)9-24-16-11(6-7-12(18)15(16)19)13-8-20-10(2)21-13;1-3-5-7-9-8-6-4-2;1-2/h6-8H,5,9H2,1-4H3,(H,20,21)(H,22,23);3-9H2,1-2H3;2H2,1H3. The van der Waals surface area contributed by atoms with Gasteiger partial charge in [0.05, 0.1) is 11.9 Å². The van der Waals surface area contributed by atoms with Crippen LogP contribution < -0.4 is 15.8 Å². The molecule has 0 radical (unpaired) electrons. The Kier molecular flexibility index (Phi) is 16.6. The van der Waals surface area contributed by atoms with Gasteiger partial charge in [-0.2, -0.15) is 4.39 Å². The average molecular weight is 497 g/mol. The van der Waals surface area contributed by atoms with Gasteiger partial charge in [-0.1, -0.05) is 65.7 Å². The van der Waals surface area contributed by atoms with Gasteiger partial charge in [0, 0.05) is 11.1 Å². The first-order valence-electron chi connectivity index (χ1n) is 12.7. The van der Waals surface area contributed by atoms with Gasteiger partial charge >= 0.3 is 0 Å². The first-order chi connectivity index (χ1) is 16.6. The second kappa shape index (κ2) is 17.9. The molecule has 1 amide bonds. The third kappa shape index (κ3) is 12.7. The second-order valence-electron chi connectivity index (χ2n) is 8.96. The number of imidazole rings is 1. The minimum absolute atomic E-state index is 0.303. The quantitative estimate of drug-likeness (QED) is 0.286. The molecule has 200 valence electrons. The van der Waals surface area contributed by atoms with E-state index in [1.807, 2.05) is 20.8 Å². The largest absolute Gasteiger partial charge is 0.480 e. The Morgan fingerprint density at radius 1 is 1.06 bits per heavy atom. The number of nitrogens with two attached hydrogens (primary N) is 1. The van der Waals surface area contributed by atoms with Gasteiger partial charge in [0.15, 0.2) is 18.2 Å². The molecule has 2 rings (SSSR count). The Bertz CT molecular complexity index is 848. The van der Waals surface area contributed by atoms with E-state index in [1.165, 1.54) is 64.3 Å². The predicted molar refractivity (Wildman–Crippen MR) is 140 cm³/mol. The van der Waals surface area contributed by atoms with Crippen LogP contribution in [0.5, 0.6) is 5.75 Å². The van der Waals surface area contributed by atoms with E-state index in [2.05, 4.69) is 34.9 Å². The van der Waals surface area contributed by atoms with Crippen LogP contribution in [0.1, 0.15) is 91.8 Å². The lowest BCUT2D eigenvalue weighted by atomic mass is 10.0. The fourth-order valence-corrected chi connectivity index (χ4v) is 3.11. The van der Waals surface area contributed by atoms with E-state index in [9.17, 15) is 13.6 Å².